The van der Waals surface area contributed by atoms with E-state index < -0.39 is 0 Å². The number of fused-ring (bicyclic) bond motifs is 5. The maximum atomic E-state index is 10.2. The first-order valence-electron chi connectivity index (χ1n) is 12.7. The van der Waals surface area contributed by atoms with Gasteiger partial charge in [0.05, 0.1) is 6.10 Å². The molecule has 0 aromatic rings. The average Bonchev–Trinajstić information content (AvgIpc) is 3.03. The topological polar surface area (TPSA) is 20.2 Å². The van der Waals surface area contributed by atoms with E-state index in [9.17, 15) is 5.11 Å². The van der Waals surface area contributed by atoms with Crippen LogP contribution in [0, 0.1) is 52.3 Å². The highest BCUT2D eigenvalue weighted by atomic mass is 16.3. The summed E-state index contributed by atoms with van der Waals surface area (Å²) in [6.07, 6.45) is 17.7. The monoisotopic (exact) mass is 398 g/mol. The van der Waals surface area contributed by atoms with Gasteiger partial charge in [-0.15, -0.1) is 0 Å². The maximum Gasteiger partial charge on any atom is 0.0577 e. The molecular weight excluding hydrogens is 352 g/mol. The number of allylic oxidation sites excluding steroid dienone is 3. The highest BCUT2D eigenvalue weighted by Gasteiger charge is 2.58. The summed E-state index contributed by atoms with van der Waals surface area (Å²) in [5.74, 6) is 5.63. The van der Waals surface area contributed by atoms with Gasteiger partial charge in [0.15, 0.2) is 0 Å². The molecule has 0 unspecified atom stereocenters. The van der Waals surface area contributed by atoms with Gasteiger partial charge in [-0.25, -0.2) is 0 Å². The Balaban J connectivity index is 1.53. The van der Waals surface area contributed by atoms with E-state index in [4.69, 9.17) is 0 Å². The van der Waals surface area contributed by atoms with E-state index in [1.165, 1.54) is 38.5 Å². The Kier molecular flexibility index (Phi) is 5.86. The van der Waals surface area contributed by atoms with Crippen molar-refractivity contribution in [1.29, 1.82) is 0 Å². The van der Waals surface area contributed by atoms with Gasteiger partial charge < -0.3 is 5.11 Å². The lowest BCUT2D eigenvalue weighted by molar-refractivity contribution is -0.0540. The largest absolute Gasteiger partial charge is 0.393 e. The first kappa shape index (κ1) is 21.7. The molecule has 0 aromatic heterocycles. The van der Waals surface area contributed by atoms with E-state index in [1.54, 1.807) is 5.57 Å². The average molecular weight is 399 g/mol. The Morgan fingerprint density at radius 2 is 1.72 bits per heavy atom. The fourth-order valence-electron chi connectivity index (χ4n) is 8.25. The number of aliphatic hydroxyl groups is 1. The minimum absolute atomic E-state index is 0.0866. The van der Waals surface area contributed by atoms with Gasteiger partial charge in [-0.05, 0) is 104 Å². The van der Waals surface area contributed by atoms with Crippen molar-refractivity contribution in [2.24, 2.45) is 52.3 Å². The third-order valence-corrected chi connectivity index (χ3v) is 10.6. The van der Waals surface area contributed by atoms with Gasteiger partial charge in [0.1, 0.15) is 0 Å². The maximum absolute atomic E-state index is 10.2. The molecule has 9 atom stereocenters. The molecule has 0 saturated heterocycles. The van der Waals surface area contributed by atoms with E-state index in [0.29, 0.717) is 22.7 Å². The molecule has 0 radical (unpaired) electrons. The lowest BCUT2D eigenvalue weighted by Crippen LogP contribution is -2.50. The van der Waals surface area contributed by atoms with Crippen molar-refractivity contribution in [3.63, 3.8) is 0 Å². The molecule has 1 N–H and O–H groups in total. The normalized spacial score (nSPS) is 46.8. The number of aliphatic hydroxyl groups excluding tert-OH is 1. The molecule has 0 bridgehead atoms. The van der Waals surface area contributed by atoms with Crippen molar-refractivity contribution < 1.29 is 5.11 Å². The number of rotatable bonds is 4. The minimum Gasteiger partial charge on any atom is -0.393 e. The SMILES string of the molecule is CC(C)[C@H](C)/C=C/[C@@H](C)[C@@H]1CC[C@H]2[C@@H]3CC=C4C[C@@H](O)CC[C@]4(C)[C@H]3CC[C@@]21C. The van der Waals surface area contributed by atoms with Crippen LogP contribution in [0.5, 0.6) is 0 Å². The molecule has 0 aliphatic heterocycles. The van der Waals surface area contributed by atoms with Crippen LogP contribution in [0.1, 0.15) is 92.9 Å². The summed E-state index contributed by atoms with van der Waals surface area (Å²) >= 11 is 0. The van der Waals surface area contributed by atoms with E-state index in [0.717, 1.165) is 42.4 Å². The molecule has 3 saturated carbocycles. The fourth-order valence-corrected chi connectivity index (χ4v) is 8.25. The second kappa shape index (κ2) is 7.85. The lowest BCUT2D eigenvalue weighted by atomic mass is 9.47. The summed E-state index contributed by atoms with van der Waals surface area (Å²) in [6.45, 7) is 14.7. The fraction of sp³-hybridized carbons (Fsp3) is 0.857. The third kappa shape index (κ3) is 3.58. The third-order valence-electron chi connectivity index (χ3n) is 10.6. The molecule has 4 aliphatic rings. The van der Waals surface area contributed by atoms with E-state index in [-0.39, 0.29) is 6.10 Å². The molecule has 0 amide bonds. The smallest absolute Gasteiger partial charge is 0.0577 e. The van der Waals surface area contributed by atoms with Crippen LogP contribution in [0.4, 0.5) is 0 Å². The quantitative estimate of drug-likeness (QED) is 0.489. The summed E-state index contributed by atoms with van der Waals surface area (Å²) in [4.78, 5) is 0. The van der Waals surface area contributed by atoms with Crippen LogP contribution >= 0.6 is 0 Å². The highest BCUT2D eigenvalue weighted by molar-refractivity contribution is 5.25. The Hall–Kier alpha value is -0.560. The first-order chi connectivity index (χ1) is 13.7. The molecule has 4 aliphatic carbocycles. The zero-order valence-electron chi connectivity index (χ0n) is 20.0. The second-order valence-corrected chi connectivity index (χ2v) is 12.2. The summed E-state index contributed by atoms with van der Waals surface area (Å²) in [5.41, 5.74) is 2.51. The first-order valence-corrected chi connectivity index (χ1v) is 12.7. The van der Waals surface area contributed by atoms with Gasteiger partial charge in [-0.2, -0.15) is 0 Å². The predicted molar refractivity (Wildman–Crippen MR) is 124 cm³/mol. The Bertz CT molecular complexity index is 659. The van der Waals surface area contributed by atoms with Gasteiger partial charge in [0.2, 0.25) is 0 Å². The molecule has 164 valence electrons. The summed E-state index contributed by atoms with van der Waals surface area (Å²) in [5, 5.41) is 10.2. The minimum atomic E-state index is -0.0866. The Morgan fingerprint density at radius 3 is 2.45 bits per heavy atom. The molecule has 0 spiro atoms. The van der Waals surface area contributed by atoms with Gasteiger partial charge in [0.25, 0.3) is 0 Å². The zero-order valence-corrected chi connectivity index (χ0v) is 20.0. The van der Waals surface area contributed by atoms with Crippen LogP contribution in [0.15, 0.2) is 23.8 Å². The molecule has 0 heterocycles. The van der Waals surface area contributed by atoms with Gasteiger partial charge in [-0.1, -0.05) is 65.3 Å². The van der Waals surface area contributed by atoms with E-state index >= 15 is 0 Å². The van der Waals surface area contributed by atoms with Crippen LogP contribution in [-0.2, 0) is 0 Å². The molecule has 4 rings (SSSR count). The van der Waals surface area contributed by atoms with Crippen molar-refractivity contribution in [2.45, 2.75) is 99.0 Å². The molecule has 1 heteroatoms. The summed E-state index contributed by atoms with van der Waals surface area (Å²) in [6, 6.07) is 0. The van der Waals surface area contributed by atoms with Crippen molar-refractivity contribution >= 4 is 0 Å². The Morgan fingerprint density at radius 1 is 0.966 bits per heavy atom. The zero-order chi connectivity index (χ0) is 21.0. The molecule has 3 fully saturated rings. The van der Waals surface area contributed by atoms with Crippen LogP contribution in [0.25, 0.3) is 0 Å². The molecule has 1 nitrogen and oxygen atoms in total. The van der Waals surface area contributed by atoms with Crippen LogP contribution in [-0.4, -0.2) is 11.2 Å². The molecule has 0 aromatic carbocycles. The second-order valence-electron chi connectivity index (χ2n) is 12.2. The van der Waals surface area contributed by atoms with Gasteiger partial charge >= 0.3 is 0 Å². The van der Waals surface area contributed by atoms with Crippen LogP contribution in [0.3, 0.4) is 0 Å². The number of hydrogen-bond acceptors (Lipinski definition) is 1. The molecular formula is C28H46O. The van der Waals surface area contributed by atoms with Crippen molar-refractivity contribution in [2.75, 3.05) is 0 Å². The van der Waals surface area contributed by atoms with E-state index in [1.807, 2.05) is 0 Å². The van der Waals surface area contributed by atoms with Crippen molar-refractivity contribution in [1.82, 2.24) is 0 Å². The summed E-state index contributed by atoms with van der Waals surface area (Å²) in [7, 11) is 0. The summed E-state index contributed by atoms with van der Waals surface area (Å²) < 4.78 is 0. The lowest BCUT2D eigenvalue weighted by Gasteiger charge is -2.58. The number of hydrogen-bond donors (Lipinski definition) is 1. The van der Waals surface area contributed by atoms with Crippen molar-refractivity contribution in [3.05, 3.63) is 23.8 Å². The highest BCUT2D eigenvalue weighted by Crippen LogP contribution is 2.67. The standard InChI is InChI=1S/C28H46O/c1-18(2)19(3)7-8-20(4)24-11-12-25-23-10-9-21-17-22(29)13-15-27(21,5)26(23)14-16-28(24,25)6/h7-9,18-20,22-26,29H,10-17H2,1-6H3/b8-7+/t19-,20-,22+,23+,24+,25+,26+,27+,28-/m1/s1. The predicted octanol–water partition coefficient (Wildman–Crippen LogP) is 7.41. The van der Waals surface area contributed by atoms with Gasteiger partial charge in [0, 0.05) is 0 Å². The Labute approximate surface area is 180 Å². The van der Waals surface area contributed by atoms with Crippen LogP contribution in [0.2, 0.25) is 0 Å². The van der Waals surface area contributed by atoms with Gasteiger partial charge in [-0.3, -0.25) is 0 Å². The van der Waals surface area contributed by atoms with Crippen LogP contribution < -0.4 is 0 Å². The molecule has 29 heavy (non-hydrogen) atoms. The van der Waals surface area contributed by atoms with E-state index in [2.05, 4.69) is 59.8 Å². The van der Waals surface area contributed by atoms with Crippen molar-refractivity contribution in [3.8, 4) is 0 Å².